The summed E-state index contributed by atoms with van der Waals surface area (Å²) in [7, 11) is 0. The zero-order valence-corrected chi connectivity index (χ0v) is 31.8. The number of carbonyl (C=O) groups excluding carboxylic acids is 2. The van der Waals surface area contributed by atoms with Crippen LogP contribution in [0.2, 0.25) is 0 Å². The molecule has 0 aromatic carbocycles. The van der Waals surface area contributed by atoms with Crippen LogP contribution in [0.1, 0.15) is 175 Å². The van der Waals surface area contributed by atoms with Gasteiger partial charge in [0, 0.05) is 6.42 Å². The number of nitrogens with one attached hydrogen (secondary N) is 1. The first-order valence-corrected chi connectivity index (χ1v) is 20.1. The zero-order chi connectivity index (χ0) is 36.0. The molecule has 0 radical (unpaired) electrons. The van der Waals surface area contributed by atoms with E-state index in [1.807, 2.05) is 36.5 Å². The Labute approximate surface area is 301 Å². The molecule has 0 rings (SSSR count). The van der Waals surface area contributed by atoms with Gasteiger partial charge in [-0.1, -0.05) is 165 Å². The van der Waals surface area contributed by atoms with Crippen LogP contribution in [0.4, 0.5) is 0 Å². The molecular formula is C43H75NO5. The number of unbranched alkanes of at least 4 members (excludes halogenated alkanes) is 15. The predicted molar refractivity (Wildman–Crippen MR) is 208 cm³/mol. The lowest BCUT2D eigenvalue weighted by molar-refractivity contribution is -0.151. The molecule has 0 fully saturated rings. The molecule has 3 unspecified atom stereocenters. The monoisotopic (exact) mass is 686 g/mol. The summed E-state index contributed by atoms with van der Waals surface area (Å²) in [4.78, 5) is 25.8. The van der Waals surface area contributed by atoms with Crippen molar-refractivity contribution < 1.29 is 24.5 Å². The molecule has 0 aliphatic heterocycles. The van der Waals surface area contributed by atoms with Crippen molar-refractivity contribution in [2.45, 2.75) is 193 Å². The Morgan fingerprint density at radius 2 is 1.18 bits per heavy atom. The summed E-state index contributed by atoms with van der Waals surface area (Å²) >= 11 is 0. The highest BCUT2D eigenvalue weighted by atomic mass is 16.5. The van der Waals surface area contributed by atoms with Crippen molar-refractivity contribution in [2.75, 3.05) is 6.61 Å². The van der Waals surface area contributed by atoms with E-state index in [1.165, 1.54) is 57.8 Å². The van der Waals surface area contributed by atoms with Crippen molar-refractivity contribution in [3.05, 3.63) is 60.8 Å². The Morgan fingerprint density at radius 3 is 1.84 bits per heavy atom. The lowest BCUT2D eigenvalue weighted by Gasteiger charge is -2.24. The largest absolute Gasteiger partial charge is 0.462 e. The van der Waals surface area contributed by atoms with E-state index in [9.17, 15) is 19.8 Å². The third-order valence-electron chi connectivity index (χ3n) is 8.66. The molecule has 0 spiro atoms. The van der Waals surface area contributed by atoms with Crippen molar-refractivity contribution in [3.8, 4) is 0 Å². The van der Waals surface area contributed by atoms with Crippen LogP contribution in [0.15, 0.2) is 60.8 Å². The van der Waals surface area contributed by atoms with Crippen LogP contribution in [0.25, 0.3) is 0 Å². The SMILES string of the molecule is CC/C=C/C=C/C=C\C=C/CCCC(CC(=O)NC(CO)C(O)CCCCCCCCCCC)OC(=O)CCCCCCC/C=C\CCC. The van der Waals surface area contributed by atoms with Gasteiger partial charge in [-0.2, -0.15) is 0 Å². The maximum Gasteiger partial charge on any atom is 0.306 e. The van der Waals surface area contributed by atoms with E-state index in [1.54, 1.807) is 0 Å². The first-order chi connectivity index (χ1) is 24.0. The van der Waals surface area contributed by atoms with Gasteiger partial charge >= 0.3 is 5.97 Å². The van der Waals surface area contributed by atoms with Crippen LogP contribution in [0, 0.1) is 0 Å². The van der Waals surface area contributed by atoms with Gasteiger partial charge in [0.2, 0.25) is 5.91 Å². The molecular weight excluding hydrogens is 610 g/mol. The molecule has 0 aromatic heterocycles. The van der Waals surface area contributed by atoms with Gasteiger partial charge < -0.3 is 20.3 Å². The Morgan fingerprint density at radius 1 is 0.612 bits per heavy atom. The Hall–Kier alpha value is -2.44. The highest BCUT2D eigenvalue weighted by Crippen LogP contribution is 2.16. The second-order valence-corrected chi connectivity index (χ2v) is 13.4. The van der Waals surface area contributed by atoms with Gasteiger partial charge in [0.1, 0.15) is 6.10 Å². The average molecular weight is 686 g/mol. The molecule has 1 amide bonds. The van der Waals surface area contributed by atoms with E-state index < -0.39 is 18.2 Å². The molecule has 0 bridgehead atoms. The maximum absolute atomic E-state index is 13.0. The lowest BCUT2D eigenvalue weighted by Crippen LogP contribution is -2.46. The van der Waals surface area contributed by atoms with Crippen LogP contribution in [-0.2, 0) is 14.3 Å². The van der Waals surface area contributed by atoms with E-state index >= 15 is 0 Å². The number of hydrogen-bond acceptors (Lipinski definition) is 5. The highest BCUT2D eigenvalue weighted by Gasteiger charge is 2.23. The van der Waals surface area contributed by atoms with Gasteiger partial charge in [0.25, 0.3) is 0 Å². The number of hydrogen-bond donors (Lipinski definition) is 3. The van der Waals surface area contributed by atoms with Crippen LogP contribution in [-0.4, -0.2) is 46.9 Å². The van der Waals surface area contributed by atoms with Gasteiger partial charge in [0.15, 0.2) is 0 Å². The van der Waals surface area contributed by atoms with Crippen molar-refractivity contribution >= 4 is 11.9 Å². The third-order valence-corrected chi connectivity index (χ3v) is 8.66. The van der Waals surface area contributed by atoms with Gasteiger partial charge in [-0.3, -0.25) is 9.59 Å². The summed E-state index contributed by atoms with van der Waals surface area (Å²) in [6, 6.07) is -0.721. The number of esters is 1. The van der Waals surface area contributed by atoms with E-state index in [-0.39, 0.29) is 24.9 Å². The van der Waals surface area contributed by atoms with Crippen LogP contribution >= 0.6 is 0 Å². The summed E-state index contributed by atoms with van der Waals surface area (Å²) in [5.41, 5.74) is 0. The summed E-state index contributed by atoms with van der Waals surface area (Å²) in [6.07, 6.45) is 42.9. The molecule has 3 atom stereocenters. The zero-order valence-electron chi connectivity index (χ0n) is 31.8. The molecule has 3 N–H and O–H groups in total. The molecule has 282 valence electrons. The van der Waals surface area contributed by atoms with E-state index in [2.05, 4.69) is 50.4 Å². The molecule has 49 heavy (non-hydrogen) atoms. The normalized spacial score (nSPS) is 14.1. The van der Waals surface area contributed by atoms with E-state index in [0.29, 0.717) is 19.3 Å². The molecule has 0 aromatic rings. The lowest BCUT2D eigenvalue weighted by atomic mass is 10.0. The Balaban J connectivity index is 4.76. The summed E-state index contributed by atoms with van der Waals surface area (Å²) in [6.45, 7) is 6.20. The molecule has 0 saturated carbocycles. The first kappa shape index (κ1) is 46.6. The second-order valence-electron chi connectivity index (χ2n) is 13.4. The minimum Gasteiger partial charge on any atom is -0.462 e. The summed E-state index contributed by atoms with van der Waals surface area (Å²) in [5.74, 6) is -0.565. The number of rotatable bonds is 34. The molecule has 6 heteroatoms. The van der Waals surface area contributed by atoms with Gasteiger partial charge in [0.05, 0.1) is 25.2 Å². The second kappa shape index (κ2) is 36.8. The van der Waals surface area contributed by atoms with Crippen LogP contribution in [0.5, 0.6) is 0 Å². The predicted octanol–water partition coefficient (Wildman–Crippen LogP) is 10.9. The Bertz CT molecular complexity index is 906. The summed E-state index contributed by atoms with van der Waals surface area (Å²) < 4.78 is 5.82. The number of ether oxygens (including phenoxy) is 1. The molecule has 0 aliphatic rings. The van der Waals surface area contributed by atoms with Gasteiger partial charge in [-0.05, 0) is 57.8 Å². The van der Waals surface area contributed by atoms with E-state index in [4.69, 9.17) is 4.74 Å². The average Bonchev–Trinajstić information content (AvgIpc) is 3.09. The molecule has 0 saturated heterocycles. The fourth-order valence-corrected chi connectivity index (χ4v) is 5.62. The van der Waals surface area contributed by atoms with Crippen molar-refractivity contribution in [2.24, 2.45) is 0 Å². The number of aliphatic hydroxyl groups excluding tert-OH is 2. The smallest absolute Gasteiger partial charge is 0.306 e. The number of carbonyl (C=O) groups is 2. The summed E-state index contributed by atoms with van der Waals surface area (Å²) in [5, 5.41) is 23.4. The number of aliphatic hydroxyl groups is 2. The first-order valence-electron chi connectivity index (χ1n) is 20.1. The maximum atomic E-state index is 13.0. The van der Waals surface area contributed by atoms with Gasteiger partial charge in [-0.25, -0.2) is 0 Å². The minimum absolute atomic E-state index is 0.0260. The van der Waals surface area contributed by atoms with Gasteiger partial charge in [-0.15, -0.1) is 0 Å². The molecule has 0 heterocycles. The van der Waals surface area contributed by atoms with E-state index in [0.717, 1.165) is 70.6 Å². The molecule has 6 nitrogen and oxygen atoms in total. The third kappa shape index (κ3) is 32.5. The van der Waals surface area contributed by atoms with Crippen molar-refractivity contribution in [3.63, 3.8) is 0 Å². The van der Waals surface area contributed by atoms with Crippen molar-refractivity contribution in [1.29, 1.82) is 0 Å². The number of allylic oxidation sites excluding steroid dienone is 10. The number of amides is 1. The highest BCUT2D eigenvalue weighted by molar-refractivity contribution is 5.77. The fraction of sp³-hybridized carbons (Fsp3) is 0.721. The minimum atomic E-state index is -0.803. The quantitative estimate of drug-likeness (QED) is 0.0271. The molecule has 0 aliphatic carbocycles. The van der Waals surface area contributed by atoms with Crippen LogP contribution in [0.3, 0.4) is 0 Å². The fourth-order valence-electron chi connectivity index (χ4n) is 5.62. The topological polar surface area (TPSA) is 95.9 Å². The van der Waals surface area contributed by atoms with Crippen LogP contribution < -0.4 is 5.32 Å². The van der Waals surface area contributed by atoms with Crippen molar-refractivity contribution in [1.82, 2.24) is 5.32 Å². The Kier molecular flexibility index (Phi) is 35.0. The standard InChI is InChI=1S/C43H75NO5/c1-4-7-10-13-16-19-21-23-25-28-31-34-39(49-43(48)36-33-30-27-24-20-17-14-11-8-5-2)37-42(47)44-40(38-45)41(46)35-32-29-26-22-18-15-12-9-6-3/h7,10-11,13-14,16,19,21,23,25,39-41,45-46H,4-6,8-9,12,15,17-18,20,22,24,26-38H2,1-3H3,(H,44,47)/b10-7+,14-11-,16-13+,21-19-,25-23-.